The highest BCUT2D eigenvalue weighted by Crippen LogP contribution is 2.30. The largest absolute Gasteiger partial charge is 0.496 e. The van der Waals surface area contributed by atoms with Crippen molar-refractivity contribution < 1.29 is 19.1 Å². The zero-order chi connectivity index (χ0) is 13.4. The summed E-state index contributed by atoms with van der Waals surface area (Å²) in [5.41, 5.74) is -0.122. The van der Waals surface area contributed by atoms with Gasteiger partial charge in [0.2, 0.25) is 0 Å². The third-order valence-electron chi connectivity index (χ3n) is 2.08. The summed E-state index contributed by atoms with van der Waals surface area (Å²) in [6, 6.07) is 4.44. The van der Waals surface area contributed by atoms with Gasteiger partial charge < -0.3 is 14.2 Å². The van der Waals surface area contributed by atoms with Crippen LogP contribution in [0.15, 0.2) is 18.2 Å². The molecule has 0 aliphatic carbocycles. The molecule has 0 unspecified atom stereocenters. The van der Waals surface area contributed by atoms with Gasteiger partial charge in [-0.25, -0.2) is 0 Å². The molecule has 0 amide bonds. The highest BCUT2D eigenvalue weighted by molar-refractivity contribution is 7.80. The van der Waals surface area contributed by atoms with Gasteiger partial charge in [-0.3, -0.25) is 10.1 Å². The summed E-state index contributed by atoms with van der Waals surface area (Å²) >= 11 is 3.99. The van der Waals surface area contributed by atoms with Crippen LogP contribution in [0.2, 0.25) is 0 Å². The lowest BCUT2D eigenvalue weighted by atomic mass is 10.3. The van der Waals surface area contributed by atoms with Gasteiger partial charge in [0.25, 0.3) is 0 Å². The second-order valence-corrected chi connectivity index (χ2v) is 3.72. The summed E-state index contributed by atoms with van der Waals surface area (Å²) in [6.07, 6.45) is 0. The lowest BCUT2D eigenvalue weighted by Crippen LogP contribution is -2.09. The van der Waals surface area contributed by atoms with E-state index in [-0.39, 0.29) is 18.0 Å². The molecule has 0 atom stereocenters. The van der Waals surface area contributed by atoms with E-state index in [1.54, 1.807) is 6.07 Å². The quantitative estimate of drug-likeness (QED) is 0.339. The average Bonchev–Trinajstić information content (AvgIpc) is 2.38. The number of methoxy groups -OCH3 is 1. The number of benzene rings is 1. The van der Waals surface area contributed by atoms with Crippen LogP contribution in [0.25, 0.3) is 0 Å². The Morgan fingerprint density at radius 2 is 2.11 bits per heavy atom. The monoisotopic (exact) mass is 273 g/mol. The minimum atomic E-state index is -0.508. The van der Waals surface area contributed by atoms with Crippen molar-refractivity contribution in [2.45, 2.75) is 0 Å². The summed E-state index contributed by atoms with van der Waals surface area (Å²) in [7, 11) is 1.45. The molecule has 0 bridgehead atoms. The first-order chi connectivity index (χ1) is 8.69. The number of nitrogens with zero attached hydrogens (tertiary/aromatic N) is 1. The Labute approximate surface area is 110 Å². The maximum absolute atomic E-state index is 10.9. The number of rotatable bonds is 8. The van der Waals surface area contributed by atoms with E-state index in [1.807, 2.05) is 0 Å². The summed E-state index contributed by atoms with van der Waals surface area (Å²) in [4.78, 5) is 10.3. The van der Waals surface area contributed by atoms with Gasteiger partial charge in [0, 0.05) is 5.75 Å². The van der Waals surface area contributed by atoms with Gasteiger partial charge in [-0.1, -0.05) is 0 Å². The third-order valence-corrected chi connectivity index (χ3v) is 2.27. The van der Waals surface area contributed by atoms with Crippen LogP contribution in [-0.4, -0.2) is 37.6 Å². The maximum Gasteiger partial charge on any atom is 0.314 e. The van der Waals surface area contributed by atoms with Gasteiger partial charge >= 0.3 is 5.69 Å². The molecule has 0 saturated heterocycles. The van der Waals surface area contributed by atoms with Gasteiger partial charge in [-0.2, -0.15) is 12.6 Å². The van der Waals surface area contributed by atoms with E-state index >= 15 is 0 Å². The lowest BCUT2D eigenvalue weighted by molar-refractivity contribution is -0.386. The molecule has 0 fully saturated rings. The predicted octanol–water partition coefficient (Wildman–Crippen LogP) is 1.93. The fraction of sp³-hybridized carbons (Fsp3) is 0.455. The first-order valence-corrected chi connectivity index (χ1v) is 5.96. The van der Waals surface area contributed by atoms with Crippen LogP contribution in [0.5, 0.6) is 11.5 Å². The van der Waals surface area contributed by atoms with Gasteiger partial charge in [0.15, 0.2) is 5.75 Å². The number of hydrogen-bond acceptors (Lipinski definition) is 6. The van der Waals surface area contributed by atoms with Gasteiger partial charge in [-0.05, 0) is 12.1 Å². The molecule has 0 aliphatic heterocycles. The van der Waals surface area contributed by atoms with Crippen LogP contribution in [-0.2, 0) is 4.74 Å². The minimum absolute atomic E-state index is 0.122. The van der Waals surface area contributed by atoms with Crippen molar-refractivity contribution in [3.8, 4) is 11.5 Å². The summed E-state index contributed by atoms with van der Waals surface area (Å²) in [6.45, 7) is 1.14. The Bertz CT molecular complexity index is 399. The summed E-state index contributed by atoms with van der Waals surface area (Å²) < 4.78 is 15.4. The number of hydrogen-bond donors (Lipinski definition) is 1. The molecule has 1 aromatic carbocycles. The number of nitro groups is 1. The Morgan fingerprint density at radius 1 is 1.33 bits per heavy atom. The molecule has 0 heterocycles. The number of ether oxygens (including phenoxy) is 3. The maximum atomic E-state index is 10.9. The van der Waals surface area contributed by atoms with Crippen molar-refractivity contribution in [1.82, 2.24) is 0 Å². The van der Waals surface area contributed by atoms with E-state index in [4.69, 9.17) is 14.2 Å². The van der Waals surface area contributed by atoms with Crippen molar-refractivity contribution >= 4 is 18.3 Å². The zero-order valence-corrected chi connectivity index (χ0v) is 10.9. The Balaban J connectivity index is 2.61. The molecule has 18 heavy (non-hydrogen) atoms. The normalized spacial score (nSPS) is 10.1. The van der Waals surface area contributed by atoms with Crippen molar-refractivity contribution in [2.75, 3.05) is 32.7 Å². The van der Waals surface area contributed by atoms with Crippen LogP contribution in [0, 0.1) is 10.1 Å². The van der Waals surface area contributed by atoms with Crippen LogP contribution < -0.4 is 9.47 Å². The van der Waals surface area contributed by atoms with E-state index in [0.29, 0.717) is 24.7 Å². The SMILES string of the molecule is COc1ccc(OCCOCCS)c([N+](=O)[O-])c1. The van der Waals surface area contributed by atoms with Crippen molar-refractivity contribution in [3.05, 3.63) is 28.3 Å². The molecule has 6 nitrogen and oxygen atoms in total. The standard InChI is InChI=1S/C11H15NO5S/c1-15-9-2-3-11(10(8-9)12(13)14)17-5-4-16-6-7-18/h2-3,8,18H,4-7H2,1H3. The molecular weight excluding hydrogens is 258 g/mol. The van der Waals surface area contributed by atoms with E-state index in [1.165, 1.54) is 19.2 Å². The van der Waals surface area contributed by atoms with Gasteiger partial charge in [-0.15, -0.1) is 0 Å². The molecule has 1 rings (SSSR count). The fourth-order valence-electron chi connectivity index (χ4n) is 1.27. The molecule has 0 spiro atoms. The Kier molecular flexibility index (Phi) is 6.31. The highest BCUT2D eigenvalue weighted by Gasteiger charge is 2.16. The van der Waals surface area contributed by atoms with Crippen LogP contribution in [0.4, 0.5) is 5.69 Å². The van der Waals surface area contributed by atoms with Gasteiger partial charge in [0.05, 0.1) is 31.3 Å². The zero-order valence-electron chi connectivity index (χ0n) is 10.00. The van der Waals surface area contributed by atoms with Crippen molar-refractivity contribution in [2.24, 2.45) is 0 Å². The third kappa shape index (κ3) is 4.42. The molecule has 100 valence electrons. The second-order valence-electron chi connectivity index (χ2n) is 3.28. The molecule has 0 radical (unpaired) electrons. The van der Waals surface area contributed by atoms with E-state index in [0.717, 1.165) is 0 Å². The first kappa shape index (κ1) is 14.6. The first-order valence-electron chi connectivity index (χ1n) is 5.33. The lowest BCUT2D eigenvalue weighted by Gasteiger charge is -2.08. The summed E-state index contributed by atoms with van der Waals surface area (Å²) in [5, 5.41) is 10.9. The average molecular weight is 273 g/mol. The fourth-order valence-corrected chi connectivity index (χ4v) is 1.40. The molecule has 7 heteroatoms. The minimum Gasteiger partial charge on any atom is -0.496 e. The molecule has 0 aliphatic rings. The molecule has 1 aromatic rings. The van der Waals surface area contributed by atoms with Crippen LogP contribution >= 0.6 is 12.6 Å². The Morgan fingerprint density at radius 3 is 2.72 bits per heavy atom. The second kappa shape index (κ2) is 7.78. The number of thiol groups is 1. The van der Waals surface area contributed by atoms with Crippen LogP contribution in [0.1, 0.15) is 0 Å². The molecular formula is C11H15NO5S. The molecule has 0 N–H and O–H groups in total. The van der Waals surface area contributed by atoms with Crippen LogP contribution in [0.3, 0.4) is 0 Å². The smallest absolute Gasteiger partial charge is 0.314 e. The predicted molar refractivity (Wildman–Crippen MR) is 69.8 cm³/mol. The van der Waals surface area contributed by atoms with E-state index in [9.17, 15) is 10.1 Å². The number of nitro benzene ring substituents is 1. The Hall–Kier alpha value is -1.47. The van der Waals surface area contributed by atoms with E-state index in [2.05, 4.69) is 12.6 Å². The van der Waals surface area contributed by atoms with E-state index < -0.39 is 4.92 Å². The van der Waals surface area contributed by atoms with Crippen molar-refractivity contribution in [1.29, 1.82) is 0 Å². The topological polar surface area (TPSA) is 70.8 Å². The molecule has 0 aromatic heterocycles. The highest BCUT2D eigenvalue weighted by atomic mass is 32.1. The summed E-state index contributed by atoms with van der Waals surface area (Å²) in [5.74, 6) is 1.25. The van der Waals surface area contributed by atoms with Gasteiger partial charge in [0.1, 0.15) is 12.4 Å². The van der Waals surface area contributed by atoms with Crippen molar-refractivity contribution in [3.63, 3.8) is 0 Å². The molecule has 0 saturated carbocycles.